The number of hydrogen-bond acceptors (Lipinski definition) is 3. The quantitative estimate of drug-likeness (QED) is 0.159. The Morgan fingerprint density at radius 2 is 2.12 bits per heavy atom. The van der Waals surface area contributed by atoms with Crippen molar-refractivity contribution in [2.45, 2.75) is 6.92 Å². The first-order chi connectivity index (χ1) is 8.02. The lowest BCUT2D eigenvalue weighted by Gasteiger charge is -2.04. The predicted molar refractivity (Wildman–Crippen MR) is 69.2 cm³/mol. The SMILES string of the molecule is Cc1cc(OOC=[N+](C)C)cc(C(=O)CBr)c1. The second-order valence-corrected chi connectivity index (χ2v) is 4.40. The monoisotopic (exact) mass is 300 g/mol. The van der Waals surface area contributed by atoms with Gasteiger partial charge in [-0.2, -0.15) is 0 Å². The Kier molecular flexibility index (Phi) is 5.15. The number of Topliss-reactive ketones (excluding diaryl/α,β-unsaturated/α-hetero) is 1. The van der Waals surface area contributed by atoms with Gasteiger partial charge in [-0.15, -0.1) is 0 Å². The van der Waals surface area contributed by atoms with Gasteiger partial charge in [0.25, 0.3) is 0 Å². The molecule has 5 heteroatoms. The average Bonchev–Trinajstić information content (AvgIpc) is 2.26. The van der Waals surface area contributed by atoms with E-state index in [1.54, 1.807) is 16.7 Å². The predicted octanol–water partition coefficient (Wildman–Crippen LogP) is 2.18. The highest BCUT2D eigenvalue weighted by atomic mass is 79.9. The number of halogens is 1. The fourth-order valence-corrected chi connectivity index (χ4v) is 1.52. The first-order valence-corrected chi connectivity index (χ1v) is 6.19. The molecule has 0 aromatic heterocycles. The lowest BCUT2D eigenvalue weighted by Crippen LogP contribution is -2.06. The van der Waals surface area contributed by atoms with Crippen LogP contribution in [0.3, 0.4) is 0 Å². The highest BCUT2D eigenvalue weighted by Crippen LogP contribution is 2.18. The van der Waals surface area contributed by atoms with Gasteiger partial charge in [0, 0.05) is 5.56 Å². The van der Waals surface area contributed by atoms with Crippen molar-refractivity contribution in [1.29, 1.82) is 0 Å². The van der Waals surface area contributed by atoms with Gasteiger partial charge in [0.1, 0.15) is 14.1 Å². The molecular formula is C12H15BrNO3+. The number of carbonyl (C=O) groups is 1. The van der Waals surface area contributed by atoms with Gasteiger partial charge in [-0.1, -0.05) is 15.9 Å². The molecule has 0 saturated heterocycles. The van der Waals surface area contributed by atoms with Gasteiger partial charge in [-0.3, -0.25) is 9.68 Å². The highest BCUT2D eigenvalue weighted by molar-refractivity contribution is 9.09. The molecule has 0 heterocycles. The van der Waals surface area contributed by atoms with E-state index in [9.17, 15) is 4.79 Å². The summed E-state index contributed by atoms with van der Waals surface area (Å²) < 4.78 is 1.71. The van der Waals surface area contributed by atoms with Crippen LogP contribution < -0.4 is 4.89 Å². The summed E-state index contributed by atoms with van der Waals surface area (Å²) in [6, 6.07) is 5.26. The van der Waals surface area contributed by atoms with Crippen LogP contribution in [0, 0.1) is 6.92 Å². The van der Waals surface area contributed by atoms with Crippen molar-refractivity contribution >= 4 is 28.1 Å². The van der Waals surface area contributed by atoms with Crippen LogP contribution in [0.25, 0.3) is 0 Å². The molecule has 0 aliphatic rings. The Labute approximate surface area is 109 Å². The Balaban J connectivity index is 2.82. The van der Waals surface area contributed by atoms with Gasteiger partial charge in [-0.25, -0.2) is 9.46 Å². The molecule has 1 rings (SSSR count). The molecule has 0 spiro atoms. The van der Waals surface area contributed by atoms with E-state index in [1.165, 1.54) is 6.40 Å². The summed E-state index contributed by atoms with van der Waals surface area (Å²) in [5.74, 6) is 0.516. The summed E-state index contributed by atoms with van der Waals surface area (Å²) in [5.41, 5.74) is 1.55. The second-order valence-electron chi connectivity index (χ2n) is 3.84. The molecule has 0 saturated carbocycles. The van der Waals surface area contributed by atoms with Crippen LogP contribution in [-0.2, 0) is 4.89 Å². The molecule has 0 aliphatic carbocycles. The average molecular weight is 301 g/mol. The van der Waals surface area contributed by atoms with Crippen LogP contribution >= 0.6 is 15.9 Å². The first-order valence-electron chi connectivity index (χ1n) is 5.07. The van der Waals surface area contributed by atoms with Crippen molar-refractivity contribution in [2.24, 2.45) is 0 Å². The number of aryl methyl sites for hydroxylation is 1. The van der Waals surface area contributed by atoms with E-state index in [0.29, 0.717) is 16.6 Å². The molecule has 1 aromatic carbocycles. The molecule has 92 valence electrons. The lowest BCUT2D eigenvalue weighted by atomic mass is 10.1. The molecule has 1 aromatic rings. The van der Waals surface area contributed by atoms with Crippen molar-refractivity contribution in [1.82, 2.24) is 0 Å². The fourth-order valence-electron chi connectivity index (χ4n) is 1.20. The molecule has 0 amide bonds. The summed E-state index contributed by atoms with van der Waals surface area (Å²) in [5, 5.41) is 0.292. The van der Waals surface area contributed by atoms with Crippen LogP contribution in [0.1, 0.15) is 15.9 Å². The van der Waals surface area contributed by atoms with Crippen molar-refractivity contribution < 1.29 is 19.1 Å². The molecular weight excluding hydrogens is 286 g/mol. The van der Waals surface area contributed by atoms with Gasteiger partial charge < -0.3 is 0 Å². The maximum Gasteiger partial charge on any atom is 0.369 e. The normalized spacial score (nSPS) is 9.65. The molecule has 0 fully saturated rings. The van der Waals surface area contributed by atoms with Gasteiger partial charge in [-0.05, 0) is 30.7 Å². The Morgan fingerprint density at radius 3 is 2.71 bits per heavy atom. The van der Waals surface area contributed by atoms with Gasteiger partial charge in [0.05, 0.1) is 5.33 Å². The van der Waals surface area contributed by atoms with Crippen LogP contribution in [0.4, 0.5) is 0 Å². The Bertz CT molecular complexity index is 439. The van der Waals surface area contributed by atoms with Gasteiger partial charge in [0.2, 0.25) is 0 Å². The van der Waals surface area contributed by atoms with E-state index in [4.69, 9.17) is 9.78 Å². The van der Waals surface area contributed by atoms with Gasteiger partial charge >= 0.3 is 6.40 Å². The molecule has 0 N–H and O–H groups in total. The summed E-state index contributed by atoms with van der Waals surface area (Å²) in [4.78, 5) is 21.5. The minimum atomic E-state index is 0.00939. The minimum absolute atomic E-state index is 0.00939. The van der Waals surface area contributed by atoms with Crippen molar-refractivity contribution in [3.8, 4) is 5.75 Å². The topological polar surface area (TPSA) is 38.5 Å². The number of rotatable bonds is 5. The van der Waals surface area contributed by atoms with E-state index >= 15 is 0 Å². The molecule has 0 aliphatic heterocycles. The minimum Gasteiger partial charge on any atom is -0.293 e. The van der Waals surface area contributed by atoms with E-state index in [0.717, 1.165) is 5.56 Å². The summed E-state index contributed by atoms with van der Waals surface area (Å²) in [6.45, 7) is 1.90. The lowest BCUT2D eigenvalue weighted by molar-refractivity contribution is -0.475. The maximum atomic E-state index is 11.5. The van der Waals surface area contributed by atoms with Crippen LogP contribution in [0.15, 0.2) is 18.2 Å². The zero-order valence-corrected chi connectivity index (χ0v) is 11.7. The summed E-state index contributed by atoms with van der Waals surface area (Å²) in [7, 11) is 3.64. The number of hydrogen-bond donors (Lipinski definition) is 0. The zero-order valence-electron chi connectivity index (χ0n) is 10.1. The molecule has 0 unspecified atom stereocenters. The van der Waals surface area contributed by atoms with Crippen molar-refractivity contribution in [3.05, 3.63) is 29.3 Å². The number of benzene rings is 1. The highest BCUT2D eigenvalue weighted by Gasteiger charge is 2.07. The van der Waals surface area contributed by atoms with E-state index in [-0.39, 0.29) is 5.78 Å². The van der Waals surface area contributed by atoms with E-state index in [1.807, 2.05) is 27.1 Å². The third-order valence-electron chi connectivity index (χ3n) is 1.89. The smallest absolute Gasteiger partial charge is 0.293 e. The molecule has 0 radical (unpaired) electrons. The molecule has 0 bridgehead atoms. The van der Waals surface area contributed by atoms with E-state index in [2.05, 4.69) is 15.9 Å². The summed E-state index contributed by atoms with van der Waals surface area (Å²) >= 11 is 3.14. The second kappa shape index (κ2) is 6.39. The largest absolute Gasteiger partial charge is 0.369 e. The van der Waals surface area contributed by atoms with Crippen molar-refractivity contribution in [2.75, 3.05) is 19.4 Å². The summed E-state index contributed by atoms with van der Waals surface area (Å²) in [6.07, 6.45) is 1.42. The first kappa shape index (κ1) is 13.7. The van der Waals surface area contributed by atoms with E-state index < -0.39 is 0 Å². The Hall–Kier alpha value is -1.36. The standard InChI is InChI=1S/C12H15BrNO3/c1-9-4-10(12(15)7-13)6-11(5-9)17-16-8-14(2)3/h4-6,8H,7H2,1-3H3/q+1. The Morgan fingerprint density at radius 1 is 1.41 bits per heavy atom. The molecule has 0 atom stereocenters. The number of ketones is 1. The van der Waals surface area contributed by atoms with Crippen LogP contribution in [-0.4, -0.2) is 36.2 Å². The number of nitrogens with zero attached hydrogens (tertiary/aromatic N) is 1. The third-order valence-corrected chi connectivity index (χ3v) is 2.40. The fraction of sp³-hybridized carbons (Fsp3) is 0.333. The van der Waals surface area contributed by atoms with Crippen LogP contribution in [0.5, 0.6) is 5.75 Å². The number of carbonyl (C=O) groups excluding carboxylic acids is 1. The molecule has 4 nitrogen and oxygen atoms in total. The number of alkyl halides is 1. The zero-order chi connectivity index (χ0) is 12.8. The maximum absolute atomic E-state index is 11.5. The third kappa shape index (κ3) is 4.56. The van der Waals surface area contributed by atoms with Crippen molar-refractivity contribution in [3.63, 3.8) is 0 Å². The molecule has 17 heavy (non-hydrogen) atoms. The van der Waals surface area contributed by atoms with Gasteiger partial charge in [0.15, 0.2) is 11.5 Å². The van der Waals surface area contributed by atoms with Crippen LogP contribution in [0.2, 0.25) is 0 Å².